The first-order valence-corrected chi connectivity index (χ1v) is 10.1. The van der Waals surface area contributed by atoms with Crippen LogP contribution in [-0.2, 0) is 13.0 Å². The number of benzene rings is 1. The molecule has 0 fully saturated rings. The first-order valence-electron chi connectivity index (χ1n) is 10.1. The second-order valence-electron chi connectivity index (χ2n) is 7.54. The van der Waals surface area contributed by atoms with E-state index in [0.29, 0.717) is 24.6 Å². The molecule has 150 valence electrons. The molecule has 1 N–H and O–H groups in total. The third-order valence-electron chi connectivity index (χ3n) is 5.49. The van der Waals surface area contributed by atoms with Crippen LogP contribution in [0.4, 0.5) is 5.69 Å². The number of fused-ring (bicyclic) bond motifs is 1. The average molecular weight is 383 g/mol. The van der Waals surface area contributed by atoms with E-state index in [0.717, 1.165) is 48.3 Å². The van der Waals surface area contributed by atoms with Crippen molar-refractivity contribution < 1.29 is 9.59 Å². The molecule has 0 saturated carbocycles. The first kappa shape index (κ1) is 20.1. The lowest BCUT2D eigenvalue weighted by Crippen LogP contribution is -2.31. The van der Waals surface area contributed by atoms with Crippen LogP contribution in [0.3, 0.4) is 0 Å². The summed E-state index contributed by atoms with van der Waals surface area (Å²) in [7, 11) is 0. The molecule has 6 nitrogen and oxygen atoms in total. The molecular weight excluding hydrogens is 352 g/mol. The van der Waals surface area contributed by atoms with E-state index in [1.807, 2.05) is 39.2 Å². The predicted molar refractivity (Wildman–Crippen MR) is 111 cm³/mol. The van der Waals surface area contributed by atoms with Crippen molar-refractivity contribution in [1.82, 2.24) is 14.5 Å². The monoisotopic (exact) mass is 382 g/mol. The molecule has 2 amide bonds. The lowest BCUT2D eigenvalue weighted by atomic mass is 10.1. The normalized spacial score (nSPS) is 13.2. The standard InChI is InChI=1S/C22H30N4O2/c1-6-25(7-2)22(28)19-17-10-8-9-11-26(17)20(23-19)21(27)24-18-15(4)12-14(3)13-16(18)5/h12-13H,6-11H2,1-5H3,(H,24,27). The van der Waals surface area contributed by atoms with Crippen LogP contribution in [-0.4, -0.2) is 39.4 Å². The molecule has 0 spiro atoms. The zero-order valence-electron chi connectivity index (χ0n) is 17.6. The van der Waals surface area contributed by atoms with E-state index in [2.05, 4.69) is 22.4 Å². The second-order valence-corrected chi connectivity index (χ2v) is 7.54. The zero-order valence-corrected chi connectivity index (χ0v) is 17.6. The van der Waals surface area contributed by atoms with Gasteiger partial charge in [0, 0.05) is 25.3 Å². The van der Waals surface area contributed by atoms with E-state index in [1.165, 1.54) is 5.56 Å². The fourth-order valence-electron chi connectivity index (χ4n) is 4.09. The minimum atomic E-state index is -0.253. The van der Waals surface area contributed by atoms with Crippen molar-refractivity contribution in [2.24, 2.45) is 0 Å². The van der Waals surface area contributed by atoms with Gasteiger partial charge in [-0.05, 0) is 65.0 Å². The largest absolute Gasteiger partial charge is 0.338 e. The molecule has 0 unspecified atom stereocenters. The first-order chi connectivity index (χ1) is 13.4. The summed E-state index contributed by atoms with van der Waals surface area (Å²) in [5.74, 6) is -0.00113. The number of aromatic nitrogens is 2. The van der Waals surface area contributed by atoms with Crippen molar-refractivity contribution in [3.05, 3.63) is 46.0 Å². The summed E-state index contributed by atoms with van der Waals surface area (Å²) >= 11 is 0. The van der Waals surface area contributed by atoms with Crippen LogP contribution in [0, 0.1) is 20.8 Å². The van der Waals surface area contributed by atoms with E-state index in [9.17, 15) is 9.59 Å². The fraction of sp³-hybridized carbons (Fsp3) is 0.500. The van der Waals surface area contributed by atoms with Gasteiger partial charge >= 0.3 is 0 Å². The zero-order chi connectivity index (χ0) is 20.4. The Kier molecular flexibility index (Phi) is 5.87. The molecule has 1 aromatic carbocycles. The molecule has 6 heteroatoms. The minimum Gasteiger partial charge on any atom is -0.338 e. The highest BCUT2D eigenvalue weighted by Crippen LogP contribution is 2.25. The summed E-state index contributed by atoms with van der Waals surface area (Å²) in [6.07, 6.45) is 2.79. The van der Waals surface area contributed by atoms with Gasteiger partial charge in [-0.2, -0.15) is 0 Å². The highest BCUT2D eigenvalue weighted by Gasteiger charge is 2.29. The van der Waals surface area contributed by atoms with Gasteiger partial charge in [0.1, 0.15) is 5.69 Å². The van der Waals surface area contributed by atoms with Crippen LogP contribution in [0.5, 0.6) is 0 Å². The van der Waals surface area contributed by atoms with E-state index in [1.54, 1.807) is 4.90 Å². The molecule has 2 aromatic rings. The Hall–Kier alpha value is -2.63. The molecule has 0 aliphatic carbocycles. The third-order valence-corrected chi connectivity index (χ3v) is 5.49. The van der Waals surface area contributed by atoms with Crippen LogP contribution in [0.1, 0.15) is 70.2 Å². The number of anilines is 1. The van der Waals surface area contributed by atoms with Gasteiger partial charge in [0.15, 0.2) is 5.82 Å². The van der Waals surface area contributed by atoms with Gasteiger partial charge in [0.25, 0.3) is 11.8 Å². The van der Waals surface area contributed by atoms with Crippen LogP contribution in [0.2, 0.25) is 0 Å². The van der Waals surface area contributed by atoms with Gasteiger partial charge in [0.05, 0.1) is 5.69 Å². The molecule has 0 saturated heterocycles. The van der Waals surface area contributed by atoms with Gasteiger partial charge < -0.3 is 14.8 Å². The summed E-state index contributed by atoms with van der Waals surface area (Å²) in [6, 6.07) is 4.11. The molecule has 0 bridgehead atoms. The summed E-state index contributed by atoms with van der Waals surface area (Å²) in [4.78, 5) is 32.3. The third kappa shape index (κ3) is 3.68. The summed E-state index contributed by atoms with van der Waals surface area (Å²) in [5, 5.41) is 3.03. The summed E-state index contributed by atoms with van der Waals surface area (Å²) in [6.45, 7) is 11.9. The van der Waals surface area contributed by atoms with Crippen molar-refractivity contribution in [1.29, 1.82) is 0 Å². The van der Waals surface area contributed by atoms with Crippen LogP contribution in [0.15, 0.2) is 12.1 Å². The van der Waals surface area contributed by atoms with Crippen LogP contribution in [0.25, 0.3) is 0 Å². The highest BCUT2D eigenvalue weighted by atomic mass is 16.2. The van der Waals surface area contributed by atoms with E-state index < -0.39 is 0 Å². The maximum absolute atomic E-state index is 13.1. The van der Waals surface area contributed by atoms with Gasteiger partial charge in [-0.15, -0.1) is 0 Å². The number of hydrogen-bond donors (Lipinski definition) is 1. The highest BCUT2D eigenvalue weighted by molar-refractivity contribution is 6.04. The topological polar surface area (TPSA) is 67.2 Å². The van der Waals surface area contributed by atoms with Crippen LogP contribution >= 0.6 is 0 Å². The molecule has 1 aliphatic heterocycles. The predicted octanol–water partition coefficient (Wildman–Crippen LogP) is 3.88. The van der Waals surface area contributed by atoms with Crippen molar-refractivity contribution >= 4 is 17.5 Å². The lowest BCUT2D eigenvalue weighted by Gasteiger charge is -2.20. The SMILES string of the molecule is CCN(CC)C(=O)c1nc(C(=O)Nc2c(C)cc(C)cc2C)n2c1CCCC2. The lowest BCUT2D eigenvalue weighted by molar-refractivity contribution is 0.0766. The van der Waals surface area contributed by atoms with Crippen molar-refractivity contribution in [3.8, 4) is 0 Å². The Morgan fingerprint density at radius 1 is 1.11 bits per heavy atom. The van der Waals surface area contributed by atoms with E-state index in [-0.39, 0.29) is 11.8 Å². The van der Waals surface area contributed by atoms with Crippen molar-refractivity contribution in [2.45, 2.75) is 60.4 Å². The molecule has 1 aromatic heterocycles. The number of rotatable bonds is 5. The number of imidazole rings is 1. The van der Waals surface area contributed by atoms with Crippen molar-refractivity contribution in [3.63, 3.8) is 0 Å². The minimum absolute atomic E-state index is 0.0857. The average Bonchev–Trinajstić information content (AvgIpc) is 3.05. The maximum atomic E-state index is 13.1. The molecule has 0 radical (unpaired) electrons. The summed E-state index contributed by atoms with van der Waals surface area (Å²) in [5.41, 5.74) is 5.36. The van der Waals surface area contributed by atoms with Crippen molar-refractivity contribution in [2.75, 3.05) is 18.4 Å². The Bertz CT molecular complexity index is 886. The van der Waals surface area contributed by atoms with Gasteiger partial charge in [-0.1, -0.05) is 17.7 Å². The Morgan fingerprint density at radius 3 is 2.36 bits per heavy atom. The smallest absolute Gasteiger partial charge is 0.291 e. The number of carbonyl (C=O) groups excluding carboxylic acids is 2. The number of nitrogens with zero attached hydrogens (tertiary/aromatic N) is 3. The molecular formula is C22H30N4O2. The van der Waals surface area contributed by atoms with Gasteiger partial charge in [-0.3, -0.25) is 9.59 Å². The second kappa shape index (κ2) is 8.17. The van der Waals surface area contributed by atoms with Gasteiger partial charge in [-0.25, -0.2) is 4.98 Å². The molecule has 3 rings (SSSR count). The number of aryl methyl sites for hydroxylation is 3. The number of hydrogen-bond acceptors (Lipinski definition) is 3. The quantitative estimate of drug-likeness (QED) is 0.853. The summed E-state index contributed by atoms with van der Waals surface area (Å²) < 4.78 is 1.94. The molecule has 28 heavy (non-hydrogen) atoms. The van der Waals surface area contributed by atoms with E-state index >= 15 is 0 Å². The number of amides is 2. The Balaban J connectivity index is 1.98. The Labute approximate surface area is 166 Å². The van der Waals surface area contributed by atoms with E-state index in [4.69, 9.17) is 0 Å². The number of carbonyl (C=O) groups is 2. The Morgan fingerprint density at radius 2 is 1.75 bits per heavy atom. The fourth-order valence-corrected chi connectivity index (χ4v) is 4.09. The van der Waals surface area contributed by atoms with Crippen LogP contribution < -0.4 is 5.32 Å². The molecule has 2 heterocycles. The van der Waals surface area contributed by atoms with Gasteiger partial charge in [0.2, 0.25) is 0 Å². The molecule has 1 aliphatic rings. The molecule has 0 atom stereocenters. The number of nitrogens with one attached hydrogen (secondary N) is 1. The maximum Gasteiger partial charge on any atom is 0.291 e.